The van der Waals surface area contributed by atoms with Crippen LogP contribution >= 0.6 is 0 Å². The fraction of sp³-hybridized carbons (Fsp3) is 0.200. The molecule has 0 unspecified atom stereocenters. The molecule has 5 nitrogen and oxygen atoms in total. The van der Waals surface area contributed by atoms with Gasteiger partial charge in [0.2, 0.25) is 0 Å². The Kier molecular flexibility index (Phi) is 3.25. The third kappa shape index (κ3) is 2.71. The van der Waals surface area contributed by atoms with E-state index in [4.69, 9.17) is 0 Å². The molecule has 1 amide bonds. The number of rotatable bonds is 5. The molecule has 1 aliphatic carbocycles. The molecule has 0 spiro atoms. The Balaban J connectivity index is 1.57. The number of H-pyrrole nitrogens is 1. The smallest absolute Gasteiger partial charge is 0.290 e. The fourth-order valence-corrected chi connectivity index (χ4v) is 1.96. The van der Waals surface area contributed by atoms with Crippen LogP contribution in [0.2, 0.25) is 0 Å². The van der Waals surface area contributed by atoms with Crippen LogP contribution in [0.4, 0.5) is 0 Å². The quantitative estimate of drug-likeness (QED) is 0.728. The predicted molar refractivity (Wildman–Crippen MR) is 76.6 cm³/mol. The first-order chi connectivity index (χ1) is 9.74. The van der Waals surface area contributed by atoms with E-state index in [1.54, 1.807) is 6.07 Å². The Morgan fingerprint density at radius 3 is 2.70 bits per heavy atom. The first-order valence-corrected chi connectivity index (χ1v) is 6.60. The molecule has 1 aromatic heterocycles. The van der Waals surface area contributed by atoms with E-state index in [9.17, 15) is 4.79 Å². The van der Waals surface area contributed by atoms with Crippen molar-refractivity contribution in [1.82, 2.24) is 21.0 Å². The van der Waals surface area contributed by atoms with Crippen molar-refractivity contribution in [2.75, 3.05) is 0 Å². The minimum atomic E-state index is -0.273. The Hall–Kier alpha value is -2.56. The molecule has 0 radical (unpaired) electrons. The Bertz CT molecular complexity index is 628. The molecule has 2 aromatic rings. The van der Waals surface area contributed by atoms with Crippen molar-refractivity contribution >= 4 is 11.6 Å². The predicted octanol–water partition coefficient (Wildman–Crippen LogP) is 2.19. The van der Waals surface area contributed by atoms with E-state index in [0.717, 1.165) is 11.3 Å². The first kappa shape index (κ1) is 12.5. The second kappa shape index (κ2) is 5.21. The summed E-state index contributed by atoms with van der Waals surface area (Å²) in [6.45, 7) is 3.88. The van der Waals surface area contributed by atoms with E-state index in [-0.39, 0.29) is 5.91 Å². The number of aromatic nitrogens is 2. The largest absolute Gasteiger partial charge is 0.298 e. The zero-order valence-corrected chi connectivity index (χ0v) is 11.0. The highest BCUT2D eigenvalue weighted by atomic mass is 16.2. The van der Waals surface area contributed by atoms with E-state index in [1.165, 1.54) is 12.8 Å². The summed E-state index contributed by atoms with van der Waals surface area (Å²) in [7, 11) is 0. The number of nitrogens with zero attached hydrogens (tertiary/aromatic N) is 1. The van der Waals surface area contributed by atoms with Crippen LogP contribution in [0, 0.1) is 0 Å². The van der Waals surface area contributed by atoms with Gasteiger partial charge in [-0.2, -0.15) is 5.10 Å². The van der Waals surface area contributed by atoms with Crippen LogP contribution in [0.3, 0.4) is 0 Å². The van der Waals surface area contributed by atoms with Gasteiger partial charge in [0.25, 0.3) is 5.91 Å². The summed E-state index contributed by atoms with van der Waals surface area (Å²) < 4.78 is 0. The van der Waals surface area contributed by atoms with Gasteiger partial charge < -0.3 is 0 Å². The Morgan fingerprint density at radius 1 is 1.25 bits per heavy atom. The van der Waals surface area contributed by atoms with Crippen molar-refractivity contribution in [2.45, 2.75) is 18.8 Å². The molecule has 1 heterocycles. The maximum Gasteiger partial charge on any atom is 0.290 e. The van der Waals surface area contributed by atoms with Crippen molar-refractivity contribution in [3.8, 4) is 0 Å². The SMILES string of the molecule is C=C(NNC(=O)c1cc(C2CC2)[nH]n1)c1ccccc1. The van der Waals surface area contributed by atoms with Gasteiger partial charge in [0.1, 0.15) is 0 Å². The third-order valence-electron chi connectivity index (χ3n) is 3.30. The lowest BCUT2D eigenvalue weighted by Crippen LogP contribution is -2.36. The van der Waals surface area contributed by atoms with Crippen molar-refractivity contribution in [3.63, 3.8) is 0 Å². The molecule has 0 atom stereocenters. The monoisotopic (exact) mass is 268 g/mol. The molecule has 5 heteroatoms. The van der Waals surface area contributed by atoms with Crippen molar-refractivity contribution < 1.29 is 4.79 Å². The summed E-state index contributed by atoms with van der Waals surface area (Å²) in [4.78, 5) is 11.9. The molecule has 0 aliphatic heterocycles. The molecule has 102 valence electrons. The summed E-state index contributed by atoms with van der Waals surface area (Å²) >= 11 is 0. The lowest BCUT2D eigenvalue weighted by molar-refractivity contribution is 0.0937. The number of carbonyl (C=O) groups is 1. The first-order valence-electron chi connectivity index (χ1n) is 6.60. The number of hydrogen-bond acceptors (Lipinski definition) is 3. The second-order valence-electron chi connectivity index (χ2n) is 4.91. The zero-order valence-electron chi connectivity index (χ0n) is 11.0. The number of benzene rings is 1. The van der Waals surface area contributed by atoms with Gasteiger partial charge in [-0.3, -0.25) is 20.7 Å². The van der Waals surface area contributed by atoms with Gasteiger partial charge in [0.15, 0.2) is 5.69 Å². The second-order valence-corrected chi connectivity index (χ2v) is 4.91. The van der Waals surface area contributed by atoms with E-state index in [1.807, 2.05) is 30.3 Å². The highest BCUT2D eigenvalue weighted by Gasteiger charge is 2.26. The third-order valence-corrected chi connectivity index (χ3v) is 3.30. The Labute approximate surface area is 117 Å². The summed E-state index contributed by atoms with van der Waals surface area (Å²) in [6.07, 6.45) is 2.35. The Morgan fingerprint density at radius 2 is 2.00 bits per heavy atom. The number of aromatic amines is 1. The molecule has 1 aliphatic rings. The van der Waals surface area contributed by atoms with Crippen LogP contribution in [0.25, 0.3) is 5.70 Å². The minimum Gasteiger partial charge on any atom is -0.298 e. The van der Waals surface area contributed by atoms with Gasteiger partial charge in [-0.05, 0) is 24.5 Å². The van der Waals surface area contributed by atoms with Gasteiger partial charge in [0.05, 0.1) is 5.70 Å². The standard InChI is InChI=1S/C15H16N4O/c1-10(11-5-3-2-4-6-11)16-19-15(20)14-9-13(17-18-14)12-7-8-12/h2-6,9,12,16H,1,7-8H2,(H,17,18)(H,19,20). The number of carbonyl (C=O) groups excluding carboxylic acids is 1. The van der Waals surface area contributed by atoms with E-state index >= 15 is 0 Å². The van der Waals surface area contributed by atoms with Gasteiger partial charge >= 0.3 is 0 Å². The van der Waals surface area contributed by atoms with Crippen LogP contribution in [0.1, 0.15) is 40.5 Å². The lowest BCUT2D eigenvalue weighted by atomic mass is 10.2. The molecule has 1 saturated carbocycles. The average Bonchev–Trinajstić information content (AvgIpc) is 3.22. The highest BCUT2D eigenvalue weighted by molar-refractivity contribution is 5.92. The average molecular weight is 268 g/mol. The molecular weight excluding hydrogens is 252 g/mol. The van der Waals surface area contributed by atoms with E-state index < -0.39 is 0 Å². The van der Waals surface area contributed by atoms with E-state index in [0.29, 0.717) is 17.3 Å². The lowest BCUT2D eigenvalue weighted by Gasteiger charge is -2.09. The highest BCUT2D eigenvalue weighted by Crippen LogP contribution is 2.38. The molecular formula is C15H16N4O. The molecule has 3 rings (SSSR count). The van der Waals surface area contributed by atoms with Gasteiger partial charge in [-0.1, -0.05) is 36.9 Å². The van der Waals surface area contributed by atoms with Crippen LogP contribution in [-0.2, 0) is 0 Å². The van der Waals surface area contributed by atoms with Crippen LogP contribution in [0.5, 0.6) is 0 Å². The number of nitrogens with one attached hydrogen (secondary N) is 3. The maximum atomic E-state index is 11.9. The fourth-order valence-electron chi connectivity index (χ4n) is 1.96. The van der Waals surface area contributed by atoms with Gasteiger partial charge in [-0.15, -0.1) is 0 Å². The molecule has 3 N–H and O–H groups in total. The number of amides is 1. The molecule has 1 fully saturated rings. The molecule has 1 aromatic carbocycles. The summed E-state index contributed by atoms with van der Waals surface area (Å²) in [5.41, 5.74) is 8.39. The number of hydrogen-bond donors (Lipinski definition) is 3. The van der Waals surface area contributed by atoms with Gasteiger partial charge in [0, 0.05) is 11.6 Å². The van der Waals surface area contributed by atoms with Crippen LogP contribution < -0.4 is 10.9 Å². The summed E-state index contributed by atoms with van der Waals surface area (Å²) in [5.74, 6) is 0.279. The molecule has 20 heavy (non-hydrogen) atoms. The van der Waals surface area contributed by atoms with Crippen molar-refractivity contribution in [1.29, 1.82) is 0 Å². The normalized spacial score (nSPS) is 13.8. The molecule has 0 saturated heterocycles. The summed E-state index contributed by atoms with van der Waals surface area (Å²) in [5, 5.41) is 6.93. The minimum absolute atomic E-state index is 0.273. The topological polar surface area (TPSA) is 69.8 Å². The molecule has 0 bridgehead atoms. The van der Waals surface area contributed by atoms with Crippen LogP contribution in [0.15, 0.2) is 43.0 Å². The van der Waals surface area contributed by atoms with Crippen molar-refractivity contribution in [3.05, 3.63) is 59.9 Å². The number of hydrazine groups is 1. The van der Waals surface area contributed by atoms with Crippen LogP contribution in [-0.4, -0.2) is 16.1 Å². The van der Waals surface area contributed by atoms with Crippen molar-refractivity contribution in [2.24, 2.45) is 0 Å². The maximum absolute atomic E-state index is 11.9. The summed E-state index contributed by atoms with van der Waals surface area (Å²) in [6, 6.07) is 11.4. The van der Waals surface area contributed by atoms with Gasteiger partial charge in [-0.25, -0.2) is 0 Å². The zero-order chi connectivity index (χ0) is 13.9. The van der Waals surface area contributed by atoms with E-state index in [2.05, 4.69) is 27.6 Å².